The predicted molar refractivity (Wildman–Crippen MR) is 108 cm³/mol. The van der Waals surface area contributed by atoms with E-state index in [1.54, 1.807) is 23.0 Å². The van der Waals surface area contributed by atoms with E-state index in [9.17, 15) is 4.79 Å². The summed E-state index contributed by atoms with van der Waals surface area (Å²) in [5, 5.41) is 9.43. The molecule has 4 aromatic rings. The van der Waals surface area contributed by atoms with Gasteiger partial charge in [0, 0.05) is 5.69 Å². The van der Waals surface area contributed by atoms with Gasteiger partial charge in [0.25, 0.3) is 5.56 Å². The molecule has 0 N–H and O–H groups in total. The summed E-state index contributed by atoms with van der Waals surface area (Å²) in [7, 11) is 0. The van der Waals surface area contributed by atoms with Crippen molar-refractivity contribution in [3.8, 4) is 11.8 Å². The Morgan fingerprint density at radius 1 is 1.26 bits per heavy atom. The second kappa shape index (κ2) is 7.52. The first-order valence-corrected chi connectivity index (χ1v) is 10.1. The standard InChI is InChI=1S/C18H12N4O2S3/c19-8-10-26-17-20-15-14(16(23)21(17)11-13-7-4-9-24-13)27-18(25)22(15)12-5-2-1-3-6-12/h1-7,9H,10-11H2. The number of rotatable bonds is 5. The molecule has 0 atom stereocenters. The van der Waals surface area contributed by atoms with Crippen LogP contribution in [-0.2, 0) is 6.54 Å². The number of benzene rings is 1. The highest BCUT2D eigenvalue weighted by Crippen LogP contribution is 2.26. The van der Waals surface area contributed by atoms with Crippen LogP contribution >= 0.6 is 35.3 Å². The van der Waals surface area contributed by atoms with Gasteiger partial charge in [0.05, 0.1) is 24.6 Å². The summed E-state index contributed by atoms with van der Waals surface area (Å²) < 4.78 is 9.74. The summed E-state index contributed by atoms with van der Waals surface area (Å²) in [5.74, 6) is 0.829. The van der Waals surface area contributed by atoms with Crippen LogP contribution in [-0.4, -0.2) is 19.9 Å². The van der Waals surface area contributed by atoms with Crippen molar-refractivity contribution in [1.82, 2.24) is 14.1 Å². The van der Waals surface area contributed by atoms with E-state index in [0.717, 1.165) is 5.69 Å². The van der Waals surface area contributed by atoms with Crippen molar-refractivity contribution in [2.75, 3.05) is 5.75 Å². The normalized spacial score (nSPS) is 10.9. The van der Waals surface area contributed by atoms with Gasteiger partial charge in [-0.3, -0.25) is 13.9 Å². The van der Waals surface area contributed by atoms with Crippen LogP contribution in [0.2, 0.25) is 0 Å². The smallest absolute Gasteiger partial charge is 0.274 e. The maximum absolute atomic E-state index is 13.2. The zero-order valence-corrected chi connectivity index (χ0v) is 16.3. The van der Waals surface area contributed by atoms with Crippen LogP contribution in [0, 0.1) is 15.3 Å². The molecule has 6 nitrogen and oxygen atoms in total. The first-order valence-electron chi connectivity index (χ1n) is 7.93. The van der Waals surface area contributed by atoms with E-state index in [-0.39, 0.29) is 17.9 Å². The van der Waals surface area contributed by atoms with Crippen molar-refractivity contribution in [1.29, 1.82) is 5.26 Å². The van der Waals surface area contributed by atoms with Gasteiger partial charge < -0.3 is 4.42 Å². The summed E-state index contributed by atoms with van der Waals surface area (Å²) >= 11 is 7.95. The average molecular weight is 413 g/mol. The highest BCUT2D eigenvalue weighted by Gasteiger charge is 2.18. The number of fused-ring (bicyclic) bond motifs is 1. The van der Waals surface area contributed by atoms with Gasteiger partial charge in [0.1, 0.15) is 10.5 Å². The Labute approximate surface area is 167 Å². The molecule has 3 aromatic heterocycles. The lowest BCUT2D eigenvalue weighted by atomic mass is 10.3. The molecule has 27 heavy (non-hydrogen) atoms. The van der Waals surface area contributed by atoms with Gasteiger partial charge in [-0.1, -0.05) is 41.3 Å². The van der Waals surface area contributed by atoms with Gasteiger partial charge in [-0.05, 0) is 36.5 Å². The molecule has 4 rings (SSSR count). The van der Waals surface area contributed by atoms with Crippen molar-refractivity contribution >= 4 is 45.7 Å². The molecule has 3 heterocycles. The minimum absolute atomic E-state index is 0.187. The lowest BCUT2D eigenvalue weighted by Crippen LogP contribution is -2.23. The second-order valence-electron chi connectivity index (χ2n) is 5.50. The molecule has 0 aliphatic carbocycles. The number of thiazole rings is 1. The molecule has 0 unspecified atom stereocenters. The Balaban J connectivity index is 1.97. The SMILES string of the molecule is N#CCSc1nc2c(sc(=S)n2-c2ccccc2)c(=O)n1Cc1ccco1. The Hall–Kier alpha value is -2.67. The van der Waals surface area contributed by atoms with Crippen molar-refractivity contribution in [3.63, 3.8) is 0 Å². The lowest BCUT2D eigenvalue weighted by Gasteiger charge is -2.10. The van der Waals surface area contributed by atoms with Crippen molar-refractivity contribution in [3.05, 3.63) is 68.8 Å². The first-order chi connectivity index (χ1) is 13.2. The molecular weight excluding hydrogens is 400 g/mol. The van der Waals surface area contributed by atoms with Crippen LogP contribution in [0.1, 0.15) is 5.76 Å². The lowest BCUT2D eigenvalue weighted by molar-refractivity contribution is 0.476. The highest BCUT2D eigenvalue weighted by molar-refractivity contribution is 7.99. The highest BCUT2D eigenvalue weighted by atomic mass is 32.2. The van der Waals surface area contributed by atoms with Gasteiger partial charge in [-0.15, -0.1) is 0 Å². The van der Waals surface area contributed by atoms with Crippen LogP contribution in [0.4, 0.5) is 0 Å². The third-order valence-electron chi connectivity index (χ3n) is 3.83. The molecular formula is C18H12N4O2S3. The summed E-state index contributed by atoms with van der Waals surface area (Å²) in [5.41, 5.74) is 1.17. The molecule has 134 valence electrons. The van der Waals surface area contributed by atoms with Crippen LogP contribution in [0.5, 0.6) is 0 Å². The summed E-state index contributed by atoms with van der Waals surface area (Å²) in [4.78, 5) is 17.9. The molecule has 0 aliphatic rings. The number of nitrogens with zero attached hydrogens (tertiary/aromatic N) is 4. The van der Waals surface area contributed by atoms with E-state index in [0.29, 0.717) is 25.2 Å². The summed E-state index contributed by atoms with van der Waals surface area (Å²) in [6, 6.07) is 15.2. The summed E-state index contributed by atoms with van der Waals surface area (Å²) in [6.45, 7) is 0.249. The molecule has 1 aromatic carbocycles. The van der Waals surface area contributed by atoms with E-state index in [1.807, 2.05) is 30.3 Å². The van der Waals surface area contributed by atoms with Crippen LogP contribution < -0.4 is 5.56 Å². The zero-order chi connectivity index (χ0) is 18.8. The molecule has 0 saturated heterocycles. The van der Waals surface area contributed by atoms with Crippen molar-refractivity contribution in [2.45, 2.75) is 11.7 Å². The van der Waals surface area contributed by atoms with E-state index in [2.05, 4.69) is 6.07 Å². The number of nitriles is 1. The Morgan fingerprint density at radius 2 is 2.07 bits per heavy atom. The molecule has 0 saturated carbocycles. The monoisotopic (exact) mass is 412 g/mol. The van der Waals surface area contributed by atoms with Crippen LogP contribution in [0.3, 0.4) is 0 Å². The van der Waals surface area contributed by atoms with Crippen LogP contribution in [0.15, 0.2) is 63.1 Å². The van der Waals surface area contributed by atoms with E-state index in [4.69, 9.17) is 26.9 Å². The number of thioether (sulfide) groups is 1. The van der Waals surface area contributed by atoms with Crippen molar-refractivity contribution in [2.24, 2.45) is 0 Å². The van der Waals surface area contributed by atoms with E-state index >= 15 is 0 Å². The molecule has 0 bridgehead atoms. The number of furan rings is 1. The number of aromatic nitrogens is 3. The molecule has 9 heteroatoms. The van der Waals surface area contributed by atoms with Gasteiger partial charge in [0.2, 0.25) is 0 Å². The van der Waals surface area contributed by atoms with E-state index in [1.165, 1.54) is 27.7 Å². The molecule has 0 fully saturated rings. The second-order valence-corrected chi connectivity index (χ2v) is 8.09. The Morgan fingerprint density at radius 3 is 2.78 bits per heavy atom. The van der Waals surface area contributed by atoms with Gasteiger partial charge in [-0.25, -0.2) is 4.98 Å². The predicted octanol–water partition coefficient (Wildman–Crippen LogP) is 4.24. The number of para-hydroxylation sites is 1. The minimum atomic E-state index is -0.192. The maximum Gasteiger partial charge on any atom is 0.274 e. The van der Waals surface area contributed by atoms with Gasteiger partial charge in [-0.2, -0.15) is 5.26 Å². The fraction of sp³-hybridized carbons (Fsp3) is 0.111. The fourth-order valence-electron chi connectivity index (χ4n) is 2.68. The molecule has 0 aliphatic heterocycles. The Kier molecular flexibility index (Phi) is 4.94. The molecule has 0 spiro atoms. The van der Waals surface area contributed by atoms with Gasteiger partial charge in [0.15, 0.2) is 14.8 Å². The average Bonchev–Trinajstić information content (AvgIpc) is 3.30. The quantitative estimate of drug-likeness (QED) is 0.277. The molecule has 0 amide bonds. The minimum Gasteiger partial charge on any atom is -0.467 e. The van der Waals surface area contributed by atoms with Crippen LogP contribution in [0.25, 0.3) is 16.0 Å². The van der Waals surface area contributed by atoms with Crippen molar-refractivity contribution < 1.29 is 4.42 Å². The third kappa shape index (κ3) is 3.35. The summed E-state index contributed by atoms with van der Waals surface area (Å²) in [6.07, 6.45) is 1.56. The zero-order valence-electron chi connectivity index (χ0n) is 13.9. The van der Waals surface area contributed by atoms with Gasteiger partial charge >= 0.3 is 0 Å². The number of hydrogen-bond acceptors (Lipinski definition) is 7. The largest absolute Gasteiger partial charge is 0.467 e. The number of hydrogen-bond donors (Lipinski definition) is 0. The maximum atomic E-state index is 13.2. The fourth-order valence-corrected chi connectivity index (χ4v) is 4.65. The molecule has 0 radical (unpaired) electrons. The topological polar surface area (TPSA) is 76.8 Å². The third-order valence-corrected chi connectivity index (χ3v) is 6.03. The van der Waals surface area contributed by atoms with E-state index < -0.39 is 0 Å². The first kappa shape index (κ1) is 17.7. The Bertz CT molecular complexity index is 1250.